The summed E-state index contributed by atoms with van der Waals surface area (Å²) in [5.41, 5.74) is 1.85. The zero-order valence-corrected chi connectivity index (χ0v) is 14.1. The maximum atomic E-state index is 12.6. The number of sulfonamides is 1. The van der Waals surface area contributed by atoms with Crippen molar-refractivity contribution in [3.63, 3.8) is 0 Å². The molecule has 0 heterocycles. The second kappa shape index (κ2) is 6.70. The van der Waals surface area contributed by atoms with Crippen LogP contribution < -0.4 is 5.32 Å². The van der Waals surface area contributed by atoms with Gasteiger partial charge in [0.1, 0.15) is 0 Å². The van der Waals surface area contributed by atoms with Crippen molar-refractivity contribution < 1.29 is 8.42 Å². The standard InChI is InChI=1S/C15H26N2O2S/c1-11(2)16-10-14-8-7-9-15(13(14)5)20(18,19)17(6)12(3)4/h7-9,11-12,16H,10H2,1-6H3. The average Bonchev–Trinajstić information content (AvgIpc) is 2.36. The number of benzene rings is 1. The zero-order valence-electron chi connectivity index (χ0n) is 13.3. The Morgan fingerprint density at radius 1 is 1.20 bits per heavy atom. The molecule has 0 atom stereocenters. The lowest BCUT2D eigenvalue weighted by Crippen LogP contribution is -2.33. The highest BCUT2D eigenvalue weighted by atomic mass is 32.2. The minimum Gasteiger partial charge on any atom is -0.310 e. The van der Waals surface area contributed by atoms with Crippen LogP contribution in [0.3, 0.4) is 0 Å². The van der Waals surface area contributed by atoms with Crippen molar-refractivity contribution in [3.05, 3.63) is 29.3 Å². The van der Waals surface area contributed by atoms with Gasteiger partial charge in [0.05, 0.1) is 4.90 Å². The van der Waals surface area contributed by atoms with Crippen LogP contribution in [-0.2, 0) is 16.6 Å². The molecule has 20 heavy (non-hydrogen) atoms. The Balaban J connectivity index is 3.17. The molecule has 0 aliphatic heterocycles. The normalized spacial score (nSPS) is 12.7. The number of hydrogen-bond acceptors (Lipinski definition) is 3. The van der Waals surface area contributed by atoms with Crippen LogP contribution in [-0.4, -0.2) is 31.9 Å². The van der Waals surface area contributed by atoms with E-state index >= 15 is 0 Å². The minimum atomic E-state index is -3.42. The summed E-state index contributed by atoms with van der Waals surface area (Å²) in [6.07, 6.45) is 0. The molecule has 0 spiro atoms. The van der Waals surface area contributed by atoms with E-state index in [0.717, 1.165) is 11.1 Å². The molecule has 5 heteroatoms. The number of nitrogens with zero attached hydrogens (tertiary/aromatic N) is 1. The minimum absolute atomic E-state index is 0.0585. The van der Waals surface area contributed by atoms with Gasteiger partial charge in [0.25, 0.3) is 0 Å². The molecule has 0 radical (unpaired) electrons. The van der Waals surface area contributed by atoms with Gasteiger partial charge >= 0.3 is 0 Å². The van der Waals surface area contributed by atoms with E-state index in [1.54, 1.807) is 13.1 Å². The van der Waals surface area contributed by atoms with Gasteiger partial charge in [-0.2, -0.15) is 4.31 Å². The van der Waals surface area contributed by atoms with Gasteiger partial charge < -0.3 is 5.32 Å². The molecular formula is C15H26N2O2S. The Bertz CT molecular complexity index is 551. The summed E-state index contributed by atoms with van der Waals surface area (Å²) in [5, 5.41) is 3.32. The van der Waals surface area contributed by atoms with E-state index in [0.29, 0.717) is 17.5 Å². The van der Waals surface area contributed by atoms with Crippen LogP contribution in [0.4, 0.5) is 0 Å². The highest BCUT2D eigenvalue weighted by Crippen LogP contribution is 2.23. The monoisotopic (exact) mass is 298 g/mol. The molecule has 1 rings (SSSR count). The third-order valence-electron chi connectivity index (χ3n) is 3.48. The fourth-order valence-corrected chi connectivity index (χ4v) is 3.51. The lowest BCUT2D eigenvalue weighted by atomic mass is 10.1. The molecule has 4 nitrogen and oxygen atoms in total. The molecular weight excluding hydrogens is 272 g/mol. The highest BCUT2D eigenvalue weighted by molar-refractivity contribution is 7.89. The summed E-state index contributed by atoms with van der Waals surface area (Å²) in [5.74, 6) is 0. The van der Waals surface area contributed by atoms with Gasteiger partial charge in [-0.1, -0.05) is 26.0 Å². The predicted octanol–water partition coefficient (Wildman–Crippen LogP) is 2.52. The van der Waals surface area contributed by atoms with Gasteiger partial charge in [-0.15, -0.1) is 0 Å². The van der Waals surface area contributed by atoms with E-state index in [2.05, 4.69) is 19.2 Å². The van der Waals surface area contributed by atoms with Gasteiger partial charge in [-0.3, -0.25) is 0 Å². The first-order valence-corrected chi connectivity index (χ1v) is 8.41. The molecule has 0 unspecified atom stereocenters. The lowest BCUT2D eigenvalue weighted by molar-refractivity contribution is 0.410. The van der Waals surface area contributed by atoms with Crippen LogP contribution in [0.2, 0.25) is 0 Å². The van der Waals surface area contributed by atoms with Crippen LogP contribution in [0.25, 0.3) is 0 Å². The number of rotatable bonds is 6. The lowest BCUT2D eigenvalue weighted by Gasteiger charge is -2.23. The largest absolute Gasteiger partial charge is 0.310 e. The number of hydrogen-bond donors (Lipinski definition) is 1. The Labute approximate surface area is 123 Å². The molecule has 1 aromatic rings. The van der Waals surface area contributed by atoms with E-state index in [1.165, 1.54) is 4.31 Å². The quantitative estimate of drug-likeness (QED) is 0.878. The maximum Gasteiger partial charge on any atom is 0.243 e. The number of nitrogens with one attached hydrogen (secondary N) is 1. The van der Waals surface area contributed by atoms with Crippen LogP contribution >= 0.6 is 0 Å². The van der Waals surface area contributed by atoms with E-state index < -0.39 is 10.0 Å². The molecule has 0 saturated heterocycles. The van der Waals surface area contributed by atoms with Crippen LogP contribution in [0.15, 0.2) is 23.1 Å². The summed E-state index contributed by atoms with van der Waals surface area (Å²) >= 11 is 0. The Morgan fingerprint density at radius 3 is 2.30 bits per heavy atom. The smallest absolute Gasteiger partial charge is 0.243 e. The third kappa shape index (κ3) is 3.81. The van der Waals surface area contributed by atoms with Crippen LogP contribution in [0.5, 0.6) is 0 Å². The maximum absolute atomic E-state index is 12.6. The molecule has 0 bridgehead atoms. The fourth-order valence-electron chi connectivity index (χ4n) is 1.88. The SMILES string of the molecule is Cc1c(CNC(C)C)cccc1S(=O)(=O)N(C)C(C)C. The molecule has 0 aromatic heterocycles. The van der Waals surface area contributed by atoms with Gasteiger partial charge in [-0.25, -0.2) is 8.42 Å². The van der Waals surface area contributed by atoms with Crippen molar-refractivity contribution in [1.82, 2.24) is 9.62 Å². The molecule has 0 fully saturated rings. The first-order chi connectivity index (χ1) is 9.17. The zero-order chi connectivity index (χ0) is 15.5. The van der Waals surface area contributed by atoms with Crippen molar-refractivity contribution in [3.8, 4) is 0 Å². The Hall–Kier alpha value is -0.910. The Morgan fingerprint density at radius 2 is 1.80 bits per heavy atom. The topological polar surface area (TPSA) is 49.4 Å². The van der Waals surface area contributed by atoms with Gasteiger partial charge in [0.2, 0.25) is 10.0 Å². The van der Waals surface area contributed by atoms with E-state index in [-0.39, 0.29) is 6.04 Å². The molecule has 0 saturated carbocycles. The van der Waals surface area contributed by atoms with Gasteiger partial charge in [-0.05, 0) is 38.0 Å². The molecule has 0 amide bonds. The van der Waals surface area contributed by atoms with Crippen molar-refractivity contribution in [2.24, 2.45) is 0 Å². The van der Waals surface area contributed by atoms with Gasteiger partial charge in [0.15, 0.2) is 0 Å². The summed E-state index contributed by atoms with van der Waals surface area (Å²) in [7, 11) is -1.80. The molecule has 1 N–H and O–H groups in total. The van der Waals surface area contributed by atoms with Crippen molar-refractivity contribution >= 4 is 10.0 Å². The first kappa shape index (κ1) is 17.1. The van der Waals surface area contributed by atoms with E-state index in [4.69, 9.17) is 0 Å². The van der Waals surface area contributed by atoms with Crippen LogP contribution in [0.1, 0.15) is 38.8 Å². The van der Waals surface area contributed by atoms with E-state index in [9.17, 15) is 8.42 Å². The second-order valence-electron chi connectivity index (χ2n) is 5.69. The molecule has 1 aromatic carbocycles. The molecule has 114 valence electrons. The van der Waals surface area contributed by atoms with E-state index in [1.807, 2.05) is 32.9 Å². The predicted molar refractivity (Wildman–Crippen MR) is 83.2 cm³/mol. The summed E-state index contributed by atoms with van der Waals surface area (Å²) in [4.78, 5) is 0.400. The van der Waals surface area contributed by atoms with Crippen molar-refractivity contribution in [2.75, 3.05) is 7.05 Å². The Kier molecular flexibility index (Phi) is 5.74. The summed E-state index contributed by atoms with van der Waals surface area (Å²) in [6, 6.07) is 5.78. The summed E-state index contributed by atoms with van der Waals surface area (Å²) in [6.45, 7) is 10.4. The highest BCUT2D eigenvalue weighted by Gasteiger charge is 2.25. The first-order valence-electron chi connectivity index (χ1n) is 6.97. The van der Waals surface area contributed by atoms with Gasteiger partial charge in [0, 0.05) is 25.7 Å². The van der Waals surface area contributed by atoms with Crippen LogP contribution in [0, 0.1) is 6.92 Å². The fraction of sp³-hybridized carbons (Fsp3) is 0.600. The second-order valence-corrected chi connectivity index (χ2v) is 7.66. The summed E-state index contributed by atoms with van der Waals surface area (Å²) < 4.78 is 26.6. The van der Waals surface area contributed by atoms with Crippen molar-refractivity contribution in [1.29, 1.82) is 0 Å². The molecule has 0 aliphatic carbocycles. The average molecular weight is 298 g/mol. The molecule has 0 aliphatic rings. The van der Waals surface area contributed by atoms with Crippen molar-refractivity contribution in [2.45, 2.75) is 58.1 Å². The third-order valence-corrected chi connectivity index (χ3v) is 5.66.